The van der Waals surface area contributed by atoms with Gasteiger partial charge in [0.15, 0.2) is 12.6 Å². The van der Waals surface area contributed by atoms with Gasteiger partial charge in [0.05, 0.1) is 19.3 Å². The van der Waals surface area contributed by atoms with Crippen LogP contribution in [0.25, 0.3) is 5.57 Å². The molecule has 0 N–H and O–H groups in total. The largest absolute Gasteiger partial charge is 0.513 e. The van der Waals surface area contributed by atoms with Gasteiger partial charge in [-0.3, -0.25) is 4.79 Å². The van der Waals surface area contributed by atoms with Gasteiger partial charge in [-0.25, -0.2) is 14.7 Å². The third-order valence-corrected chi connectivity index (χ3v) is 6.26. The van der Waals surface area contributed by atoms with Crippen molar-refractivity contribution in [3.05, 3.63) is 39.6 Å². The molecule has 3 rings (SSSR count). The standard InChI is InChI=1S/C22H29ClN2O7/c1-6-30-21(27)32-19-18(17-14(2)7-8-16(23)15(17)3)20(26)25(31-13-28-4)22(19)9-11-24(29-5)12-10-22/h7-8H,6,9-13H2,1-5H3. The van der Waals surface area contributed by atoms with Crippen molar-refractivity contribution in [2.24, 2.45) is 0 Å². The first-order valence-corrected chi connectivity index (χ1v) is 10.8. The summed E-state index contributed by atoms with van der Waals surface area (Å²) in [4.78, 5) is 37.3. The van der Waals surface area contributed by atoms with Crippen molar-refractivity contribution < 1.29 is 33.5 Å². The molecule has 2 aliphatic rings. The second-order valence-electron chi connectivity index (χ2n) is 7.63. The molecule has 2 heterocycles. The predicted molar refractivity (Wildman–Crippen MR) is 116 cm³/mol. The molecule has 1 amide bonds. The Morgan fingerprint density at radius 1 is 1.19 bits per heavy atom. The molecule has 1 saturated heterocycles. The second-order valence-corrected chi connectivity index (χ2v) is 8.04. The summed E-state index contributed by atoms with van der Waals surface area (Å²) in [5.74, 6) is -0.234. The number of hydroxylamine groups is 4. The summed E-state index contributed by atoms with van der Waals surface area (Å²) in [5.41, 5.74) is 1.33. The molecular formula is C22H29ClN2O7. The van der Waals surface area contributed by atoms with Gasteiger partial charge in [-0.1, -0.05) is 17.7 Å². The molecule has 2 aliphatic heterocycles. The minimum Gasteiger partial charge on any atom is -0.434 e. The molecule has 0 radical (unpaired) electrons. The molecule has 10 heteroatoms. The molecule has 1 aromatic rings. The van der Waals surface area contributed by atoms with E-state index >= 15 is 0 Å². The van der Waals surface area contributed by atoms with Crippen molar-refractivity contribution in [3.63, 3.8) is 0 Å². The minimum absolute atomic E-state index is 0.138. The topological polar surface area (TPSA) is 86.8 Å². The minimum atomic E-state index is -1.03. The Kier molecular flexibility index (Phi) is 7.79. The fourth-order valence-electron chi connectivity index (χ4n) is 4.28. The maximum atomic E-state index is 13.8. The normalized spacial score (nSPS) is 18.6. The van der Waals surface area contributed by atoms with Crippen LogP contribution in [0.1, 0.15) is 36.5 Å². The van der Waals surface area contributed by atoms with E-state index in [1.54, 1.807) is 25.2 Å². The van der Waals surface area contributed by atoms with Crippen molar-refractivity contribution in [2.75, 3.05) is 40.7 Å². The molecule has 0 saturated carbocycles. The third-order valence-electron chi connectivity index (χ3n) is 5.85. The van der Waals surface area contributed by atoms with Gasteiger partial charge in [0.25, 0.3) is 5.91 Å². The summed E-state index contributed by atoms with van der Waals surface area (Å²) in [5, 5.41) is 3.55. The Labute approximate surface area is 192 Å². The molecule has 176 valence electrons. The first-order valence-electron chi connectivity index (χ1n) is 10.4. The second kappa shape index (κ2) is 10.2. The quantitative estimate of drug-likeness (QED) is 0.443. The SMILES string of the molecule is CCOC(=O)OC1=C(c2c(C)ccc(Cl)c2C)C(=O)N(OCOC)C12CCN(OC)CC2. The Balaban J connectivity index is 2.22. The summed E-state index contributed by atoms with van der Waals surface area (Å²) in [6, 6.07) is 3.60. The van der Waals surface area contributed by atoms with Crippen LogP contribution in [0.15, 0.2) is 17.9 Å². The van der Waals surface area contributed by atoms with Gasteiger partial charge >= 0.3 is 6.16 Å². The predicted octanol–water partition coefficient (Wildman–Crippen LogP) is 3.61. The van der Waals surface area contributed by atoms with Crippen LogP contribution in [0.2, 0.25) is 5.02 Å². The van der Waals surface area contributed by atoms with Crippen molar-refractivity contribution in [1.82, 2.24) is 10.1 Å². The van der Waals surface area contributed by atoms with Crippen molar-refractivity contribution in [1.29, 1.82) is 0 Å². The number of methoxy groups -OCH3 is 1. The van der Waals surface area contributed by atoms with E-state index in [-0.39, 0.29) is 24.7 Å². The van der Waals surface area contributed by atoms with Crippen molar-refractivity contribution >= 4 is 29.2 Å². The molecule has 1 fully saturated rings. The number of nitrogens with zero attached hydrogens (tertiary/aromatic N) is 2. The highest BCUT2D eigenvalue weighted by atomic mass is 35.5. The molecule has 0 unspecified atom stereocenters. The molecule has 0 atom stereocenters. The lowest BCUT2D eigenvalue weighted by Gasteiger charge is -2.43. The lowest BCUT2D eigenvalue weighted by atomic mass is 9.85. The summed E-state index contributed by atoms with van der Waals surface area (Å²) >= 11 is 6.40. The monoisotopic (exact) mass is 468 g/mol. The number of piperidine rings is 1. The lowest BCUT2D eigenvalue weighted by Crippen LogP contribution is -2.55. The van der Waals surface area contributed by atoms with Gasteiger partial charge in [-0.2, -0.15) is 5.06 Å². The van der Waals surface area contributed by atoms with E-state index < -0.39 is 17.6 Å². The van der Waals surface area contributed by atoms with Crippen LogP contribution in [-0.2, 0) is 28.7 Å². The van der Waals surface area contributed by atoms with E-state index in [0.29, 0.717) is 42.1 Å². The summed E-state index contributed by atoms with van der Waals surface area (Å²) in [6.45, 7) is 6.36. The Bertz CT molecular complexity index is 910. The number of ether oxygens (including phenoxy) is 3. The first-order chi connectivity index (χ1) is 15.3. The van der Waals surface area contributed by atoms with Crippen molar-refractivity contribution in [3.8, 4) is 0 Å². The average Bonchev–Trinajstić information content (AvgIpc) is 2.98. The van der Waals surface area contributed by atoms with E-state index in [2.05, 4.69) is 0 Å². The van der Waals surface area contributed by atoms with E-state index in [0.717, 1.165) is 5.56 Å². The Hall–Kier alpha value is -2.17. The highest BCUT2D eigenvalue weighted by molar-refractivity contribution is 6.32. The highest BCUT2D eigenvalue weighted by Gasteiger charge is 2.57. The molecule has 1 spiro atoms. The maximum absolute atomic E-state index is 13.8. The number of carbonyl (C=O) groups is 2. The molecular weight excluding hydrogens is 440 g/mol. The van der Waals surface area contributed by atoms with Gasteiger partial charge < -0.3 is 19.0 Å². The number of hydrogen-bond donors (Lipinski definition) is 0. The van der Waals surface area contributed by atoms with Crippen LogP contribution in [-0.4, -0.2) is 68.4 Å². The maximum Gasteiger partial charge on any atom is 0.513 e. The van der Waals surface area contributed by atoms with Crippen molar-refractivity contribution in [2.45, 2.75) is 39.2 Å². The van der Waals surface area contributed by atoms with Crippen LogP contribution < -0.4 is 0 Å². The van der Waals surface area contributed by atoms with E-state index in [4.69, 9.17) is 35.5 Å². The summed E-state index contributed by atoms with van der Waals surface area (Å²) < 4.78 is 15.9. The van der Waals surface area contributed by atoms with Gasteiger partial charge in [0.2, 0.25) is 0 Å². The van der Waals surface area contributed by atoms with Crippen LogP contribution in [0, 0.1) is 13.8 Å². The fourth-order valence-corrected chi connectivity index (χ4v) is 4.44. The number of rotatable bonds is 7. The molecule has 32 heavy (non-hydrogen) atoms. The third kappa shape index (κ3) is 4.35. The van der Waals surface area contributed by atoms with Crippen LogP contribution in [0.3, 0.4) is 0 Å². The molecule has 0 aliphatic carbocycles. The average molecular weight is 469 g/mol. The zero-order valence-corrected chi connectivity index (χ0v) is 19.8. The zero-order valence-electron chi connectivity index (χ0n) is 19.0. The van der Waals surface area contributed by atoms with Crippen LogP contribution in [0.4, 0.5) is 4.79 Å². The first kappa shape index (κ1) is 24.5. The number of benzene rings is 1. The number of carbonyl (C=O) groups excluding carboxylic acids is 2. The zero-order chi connectivity index (χ0) is 23.5. The number of amides is 1. The molecule has 0 bridgehead atoms. The molecule has 9 nitrogen and oxygen atoms in total. The number of hydrogen-bond acceptors (Lipinski definition) is 8. The van der Waals surface area contributed by atoms with E-state index in [9.17, 15) is 9.59 Å². The summed E-state index contributed by atoms with van der Waals surface area (Å²) in [7, 11) is 3.06. The van der Waals surface area contributed by atoms with Gasteiger partial charge in [-0.05, 0) is 56.4 Å². The van der Waals surface area contributed by atoms with E-state index in [1.807, 2.05) is 19.9 Å². The Morgan fingerprint density at radius 2 is 1.88 bits per heavy atom. The smallest absolute Gasteiger partial charge is 0.434 e. The fraction of sp³-hybridized carbons (Fsp3) is 0.545. The van der Waals surface area contributed by atoms with Crippen LogP contribution in [0.5, 0.6) is 0 Å². The molecule has 1 aromatic carbocycles. The van der Waals surface area contributed by atoms with Gasteiger partial charge in [0, 0.05) is 25.2 Å². The Morgan fingerprint density at radius 3 is 2.47 bits per heavy atom. The lowest BCUT2D eigenvalue weighted by molar-refractivity contribution is -0.260. The van der Waals surface area contributed by atoms with Crippen LogP contribution >= 0.6 is 11.6 Å². The van der Waals surface area contributed by atoms with Gasteiger partial charge in [-0.15, -0.1) is 0 Å². The number of halogens is 1. The van der Waals surface area contributed by atoms with E-state index in [1.165, 1.54) is 12.2 Å². The highest BCUT2D eigenvalue weighted by Crippen LogP contribution is 2.48. The number of aryl methyl sites for hydroxylation is 1. The summed E-state index contributed by atoms with van der Waals surface area (Å²) in [6.07, 6.45) is -0.0623. The molecule has 0 aromatic heterocycles. The van der Waals surface area contributed by atoms with Gasteiger partial charge in [0.1, 0.15) is 5.54 Å².